The molecule has 34 heavy (non-hydrogen) atoms. The highest BCUT2D eigenvalue weighted by molar-refractivity contribution is 6.09. The molecule has 0 radical (unpaired) electrons. The largest absolute Gasteiger partial charge is 0.483 e. The SMILES string of the molecule is C[C@@H]1C(=O)NN=C2COc3cc(C(F)(F)F)c([C@@H](C)C4(C)CN(C(=O)OC(C)(C)C)C4)cc3N21. The molecule has 3 heterocycles. The van der Waals surface area contributed by atoms with E-state index in [0.29, 0.717) is 11.5 Å². The zero-order valence-electron chi connectivity index (χ0n) is 20.0. The van der Waals surface area contributed by atoms with Crippen LogP contribution in [-0.2, 0) is 15.7 Å². The molecule has 0 spiro atoms. The van der Waals surface area contributed by atoms with E-state index in [1.807, 2.05) is 6.92 Å². The van der Waals surface area contributed by atoms with Gasteiger partial charge in [-0.3, -0.25) is 4.79 Å². The highest BCUT2D eigenvalue weighted by Gasteiger charge is 2.49. The predicted molar refractivity (Wildman–Crippen MR) is 119 cm³/mol. The van der Waals surface area contributed by atoms with Crippen molar-refractivity contribution in [2.45, 2.75) is 65.3 Å². The third-order valence-electron chi connectivity index (χ3n) is 6.66. The van der Waals surface area contributed by atoms with Gasteiger partial charge in [-0.2, -0.15) is 18.3 Å². The smallest absolute Gasteiger partial charge is 0.416 e. The molecule has 0 unspecified atom stereocenters. The Labute approximate surface area is 196 Å². The number of hydrazone groups is 1. The number of benzene rings is 1. The number of amides is 2. The van der Waals surface area contributed by atoms with Gasteiger partial charge in [-0.1, -0.05) is 13.8 Å². The first-order valence-electron chi connectivity index (χ1n) is 11.1. The fraction of sp³-hybridized carbons (Fsp3) is 0.609. The number of alkyl halides is 3. The topological polar surface area (TPSA) is 83.5 Å². The van der Waals surface area contributed by atoms with E-state index in [2.05, 4.69) is 10.5 Å². The molecule has 1 N–H and O–H groups in total. The van der Waals surface area contributed by atoms with Gasteiger partial charge in [0.2, 0.25) is 0 Å². The van der Waals surface area contributed by atoms with Gasteiger partial charge in [0.05, 0.1) is 11.3 Å². The fourth-order valence-corrected chi connectivity index (χ4v) is 4.62. The average Bonchev–Trinajstić information content (AvgIpc) is 2.70. The van der Waals surface area contributed by atoms with Crippen molar-refractivity contribution >= 4 is 23.5 Å². The Morgan fingerprint density at radius 2 is 1.94 bits per heavy atom. The molecule has 0 bridgehead atoms. The Bertz CT molecular complexity index is 1060. The summed E-state index contributed by atoms with van der Waals surface area (Å²) in [6, 6.07) is 1.80. The van der Waals surface area contributed by atoms with E-state index in [1.54, 1.807) is 39.5 Å². The van der Waals surface area contributed by atoms with E-state index in [0.717, 1.165) is 6.07 Å². The van der Waals surface area contributed by atoms with Crippen LogP contribution in [0, 0.1) is 5.41 Å². The molecule has 3 aliphatic rings. The molecule has 1 aromatic carbocycles. The molecule has 1 saturated heterocycles. The minimum Gasteiger partial charge on any atom is -0.483 e. The number of amidine groups is 1. The van der Waals surface area contributed by atoms with Gasteiger partial charge in [0.15, 0.2) is 5.84 Å². The molecule has 0 aliphatic carbocycles. The number of halogens is 3. The van der Waals surface area contributed by atoms with Crippen molar-refractivity contribution in [2.75, 3.05) is 24.6 Å². The van der Waals surface area contributed by atoms with Crippen LogP contribution in [-0.4, -0.2) is 54.1 Å². The van der Waals surface area contributed by atoms with E-state index < -0.39 is 40.8 Å². The van der Waals surface area contributed by atoms with Crippen LogP contribution in [0.4, 0.5) is 23.7 Å². The summed E-state index contributed by atoms with van der Waals surface area (Å²) in [7, 11) is 0. The third kappa shape index (κ3) is 4.16. The quantitative estimate of drug-likeness (QED) is 0.687. The van der Waals surface area contributed by atoms with Crippen molar-refractivity contribution < 1.29 is 32.2 Å². The zero-order valence-corrected chi connectivity index (χ0v) is 20.0. The Kier molecular flexibility index (Phi) is 5.52. The molecule has 1 fully saturated rings. The van der Waals surface area contributed by atoms with Crippen molar-refractivity contribution in [3.8, 4) is 5.75 Å². The minimum absolute atomic E-state index is 0.0492. The Hall–Kier alpha value is -2.98. The van der Waals surface area contributed by atoms with Crippen LogP contribution in [0.3, 0.4) is 0 Å². The lowest BCUT2D eigenvalue weighted by Gasteiger charge is -2.51. The van der Waals surface area contributed by atoms with E-state index in [-0.39, 0.29) is 36.9 Å². The molecule has 8 nitrogen and oxygen atoms in total. The summed E-state index contributed by atoms with van der Waals surface area (Å²) in [5.74, 6) is -0.434. The highest BCUT2D eigenvalue weighted by Crippen LogP contribution is 2.50. The van der Waals surface area contributed by atoms with Crippen LogP contribution in [0.1, 0.15) is 58.6 Å². The first kappa shape index (κ1) is 24.2. The van der Waals surface area contributed by atoms with Crippen molar-refractivity contribution in [3.63, 3.8) is 0 Å². The molecule has 0 saturated carbocycles. The lowest BCUT2D eigenvalue weighted by molar-refractivity contribution is -0.139. The van der Waals surface area contributed by atoms with E-state index in [1.165, 1.54) is 11.0 Å². The number of nitrogens with one attached hydrogen (secondary N) is 1. The zero-order chi connectivity index (χ0) is 25.2. The van der Waals surface area contributed by atoms with Crippen LogP contribution < -0.4 is 15.1 Å². The average molecular weight is 483 g/mol. The Morgan fingerprint density at radius 3 is 2.53 bits per heavy atom. The van der Waals surface area contributed by atoms with Gasteiger partial charge in [0, 0.05) is 18.5 Å². The lowest BCUT2D eigenvalue weighted by Crippen LogP contribution is -2.60. The number of carbonyl (C=O) groups is 2. The first-order valence-corrected chi connectivity index (χ1v) is 11.1. The number of likely N-dealkylation sites (tertiary alicyclic amines) is 1. The number of anilines is 1. The Morgan fingerprint density at radius 1 is 1.29 bits per heavy atom. The van der Waals surface area contributed by atoms with Gasteiger partial charge < -0.3 is 19.3 Å². The van der Waals surface area contributed by atoms with E-state index >= 15 is 0 Å². The lowest BCUT2D eigenvalue weighted by atomic mass is 9.68. The maximum absolute atomic E-state index is 14.1. The van der Waals surface area contributed by atoms with Crippen LogP contribution in [0.15, 0.2) is 17.2 Å². The molecule has 186 valence electrons. The van der Waals surface area contributed by atoms with Crippen molar-refractivity contribution in [1.29, 1.82) is 0 Å². The number of hydrogen-bond acceptors (Lipinski definition) is 6. The third-order valence-corrected chi connectivity index (χ3v) is 6.66. The van der Waals surface area contributed by atoms with Gasteiger partial charge >= 0.3 is 12.3 Å². The van der Waals surface area contributed by atoms with Crippen LogP contribution >= 0.6 is 0 Å². The standard InChI is InChI=1S/C23H29F3N4O4/c1-12(22(6)10-29(11-22)20(32)34-21(3,4)5)14-7-16-17(8-15(14)23(24,25)26)33-9-18-27-28-19(31)13(2)30(16)18/h7-8,12-13H,9-11H2,1-6H3,(H,28,31)/t12-,13-/m1/s1. The van der Waals surface area contributed by atoms with Crippen molar-refractivity contribution in [3.05, 3.63) is 23.3 Å². The number of carbonyl (C=O) groups excluding carboxylic acids is 2. The second kappa shape index (κ2) is 7.78. The molecule has 4 rings (SSSR count). The van der Waals surface area contributed by atoms with Crippen LogP contribution in [0.5, 0.6) is 5.75 Å². The second-order valence-corrected chi connectivity index (χ2v) is 10.5. The molecular formula is C23H29F3N4O4. The minimum atomic E-state index is -4.60. The number of ether oxygens (including phenoxy) is 2. The maximum atomic E-state index is 14.1. The highest BCUT2D eigenvalue weighted by atomic mass is 19.4. The molecule has 1 aromatic rings. The van der Waals surface area contributed by atoms with Gasteiger partial charge in [-0.25, -0.2) is 10.2 Å². The number of rotatable bonds is 2. The maximum Gasteiger partial charge on any atom is 0.416 e. The summed E-state index contributed by atoms with van der Waals surface area (Å²) < 4.78 is 53.3. The normalized spacial score (nSPS) is 22.4. The van der Waals surface area contributed by atoms with Crippen LogP contribution in [0.2, 0.25) is 0 Å². The van der Waals surface area contributed by atoms with Crippen molar-refractivity contribution in [2.24, 2.45) is 10.5 Å². The molecule has 11 heteroatoms. The van der Waals surface area contributed by atoms with Gasteiger partial charge in [-0.15, -0.1) is 0 Å². The van der Waals surface area contributed by atoms with Gasteiger partial charge in [0.1, 0.15) is 24.0 Å². The molecule has 2 amide bonds. The van der Waals surface area contributed by atoms with Crippen molar-refractivity contribution in [1.82, 2.24) is 10.3 Å². The number of hydrogen-bond donors (Lipinski definition) is 1. The number of fused-ring (bicyclic) bond motifs is 3. The number of nitrogens with zero attached hydrogens (tertiary/aromatic N) is 3. The summed E-state index contributed by atoms with van der Waals surface area (Å²) in [4.78, 5) is 27.7. The fourth-order valence-electron chi connectivity index (χ4n) is 4.62. The van der Waals surface area contributed by atoms with Crippen LogP contribution in [0.25, 0.3) is 0 Å². The molecule has 0 aromatic heterocycles. The van der Waals surface area contributed by atoms with E-state index in [9.17, 15) is 22.8 Å². The Balaban J connectivity index is 1.69. The monoisotopic (exact) mass is 482 g/mol. The predicted octanol–water partition coefficient (Wildman–Crippen LogP) is 4.10. The first-order chi connectivity index (χ1) is 15.6. The summed E-state index contributed by atoms with van der Waals surface area (Å²) in [5.41, 5.74) is 0.819. The molecule has 3 aliphatic heterocycles. The summed E-state index contributed by atoms with van der Waals surface area (Å²) in [6.07, 6.45) is -5.09. The summed E-state index contributed by atoms with van der Waals surface area (Å²) in [6.45, 7) is 11.0. The molecular weight excluding hydrogens is 453 g/mol. The van der Waals surface area contributed by atoms with Gasteiger partial charge in [0.25, 0.3) is 5.91 Å². The van der Waals surface area contributed by atoms with Gasteiger partial charge in [-0.05, 0) is 51.3 Å². The van der Waals surface area contributed by atoms with E-state index in [4.69, 9.17) is 9.47 Å². The summed E-state index contributed by atoms with van der Waals surface area (Å²) in [5, 5.41) is 4.00. The second-order valence-electron chi connectivity index (χ2n) is 10.5. The molecule has 2 atom stereocenters. The summed E-state index contributed by atoms with van der Waals surface area (Å²) >= 11 is 0.